The van der Waals surface area contributed by atoms with E-state index in [4.69, 9.17) is 34.0 Å². The number of nitrogens with one attached hydrogen (secondary N) is 1. The molecule has 196 valence electrons. The van der Waals surface area contributed by atoms with Crippen molar-refractivity contribution >= 4 is 17.9 Å². The van der Waals surface area contributed by atoms with Gasteiger partial charge in [0.1, 0.15) is 11.9 Å². The van der Waals surface area contributed by atoms with Crippen molar-refractivity contribution < 1.29 is 43.7 Å². The minimum Gasteiger partial charge on any atom is -0.539 e. The summed E-state index contributed by atoms with van der Waals surface area (Å²) < 4.78 is 17.8. The van der Waals surface area contributed by atoms with Crippen molar-refractivity contribution in [1.82, 2.24) is 0 Å². The Kier molecular flexibility index (Phi) is 11.0. The molecule has 0 bridgehead atoms. The van der Waals surface area contributed by atoms with E-state index in [1.165, 1.54) is 32.4 Å². The van der Waals surface area contributed by atoms with Crippen LogP contribution in [-0.2, 0) is 19.1 Å². The van der Waals surface area contributed by atoms with Gasteiger partial charge in [-0.15, -0.1) is 0 Å². The molecule has 2 N–H and O–H groups in total. The quantitative estimate of drug-likeness (QED) is 0.425. The van der Waals surface area contributed by atoms with E-state index in [1.807, 2.05) is 12.1 Å². The number of esters is 1. The van der Waals surface area contributed by atoms with Gasteiger partial charge < -0.3 is 34.1 Å². The van der Waals surface area contributed by atoms with Gasteiger partial charge in [0.25, 0.3) is 0 Å². The van der Waals surface area contributed by atoms with Crippen LogP contribution < -0.4 is 14.7 Å². The van der Waals surface area contributed by atoms with Gasteiger partial charge in [-0.1, -0.05) is 13.8 Å². The number of hydrogen-bond acceptors (Lipinski definition) is 7. The number of hydrogen-bond donors (Lipinski definition) is 2. The first-order valence-electron chi connectivity index (χ1n) is 12.3. The summed E-state index contributed by atoms with van der Waals surface area (Å²) in [6.45, 7) is 13.2. The molecule has 35 heavy (non-hydrogen) atoms. The molecule has 0 aliphatic carbocycles. The zero-order chi connectivity index (χ0) is 26.0. The number of benzene rings is 1. The van der Waals surface area contributed by atoms with Crippen LogP contribution in [0.1, 0.15) is 63.7 Å². The lowest BCUT2D eigenvalue weighted by molar-refractivity contribution is -0.909. The summed E-state index contributed by atoms with van der Waals surface area (Å²) in [4.78, 5) is 32.5. The van der Waals surface area contributed by atoms with Gasteiger partial charge in [0.15, 0.2) is 5.97 Å². The standard InChI is InChI=1S/C24H37NO4.C2H2O4/c1-18(2)16-27-21-10-8-19(9-11-21)23(26)29-22-14-24(3,4)28-17-20(22)15-25-12-6-5-7-13-25;3-1(4)2(5)6/h8-11,18,20,22H,5-7,12-17H2,1-4H3;(H,3,4)(H,5,6). The Balaban J connectivity index is 0.000000641. The Morgan fingerprint density at radius 2 is 1.74 bits per heavy atom. The summed E-state index contributed by atoms with van der Waals surface area (Å²) in [7, 11) is 0. The lowest BCUT2D eigenvalue weighted by Gasteiger charge is -2.41. The predicted octanol–water partition coefficient (Wildman–Crippen LogP) is 0.952. The third kappa shape index (κ3) is 10.2. The van der Waals surface area contributed by atoms with Gasteiger partial charge in [0, 0.05) is 6.42 Å². The number of quaternary nitrogens is 1. The molecule has 2 atom stereocenters. The topological polar surface area (TPSA) is 127 Å². The molecule has 9 heteroatoms. The highest BCUT2D eigenvalue weighted by Crippen LogP contribution is 2.30. The number of likely N-dealkylation sites (tertiary alicyclic amines) is 1. The largest absolute Gasteiger partial charge is 0.539 e. The molecule has 2 unspecified atom stereocenters. The number of aliphatic carboxylic acids is 2. The van der Waals surface area contributed by atoms with E-state index in [1.54, 1.807) is 17.0 Å². The summed E-state index contributed by atoms with van der Waals surface area (Å²) in [6.07, 6.45) is 4.57. The lowest BCUT2D eigenvalue weighted by atomic mass is 9.87. The van der Waals surface area contributed by atoms with E-state index in [0.717, 1.165) is 18.7 Å². The third-order valence-electron chi connectivity index (χ3n) is 6.12. The Bertz CT molecular complexity index is 818. The minimum absolute atomic E-state index is 0.0995. The van der Waals surface area contributed by atoms with Crippen molar-refractivity contribution in [1.29, 1.82) is 0 Å². The fraction of sp³-hybridized carbons (Fsp3) is 0.654. The van der Waals surface area contributed by atoms with Crippen LogP contribution in [0.2, 0.25) is 0 Å². The SMILES string of the molecule is CC(C)COc1ccc(C(=O)OC2CC(C)(C)OCC2C[NH+]2CCCCC2)cc1.O=C([O-])C(=O)O. The Hall–Kier alpha value is -2.65. The number of rotatable bonds is 7. The molecule has 0 saturated carbocycles. The predicted molar refractivity (Wildman–Crippen MR) is 126 cm³/mol. The second kappa shape index (κ2) is 13.4. The Morgan fingerprint density at radius 1 is 1.14 bits per heavy atom. The maximum absolute atomic E-state index is 12.8. The van der Waals surface area contributed by atoms with E-state index < -0.39 is 11.9 Å². The zero-order valence-electron chi connectivity index (χ0n) is 21.2. The van der Waals surface area contributed by atoms with Crippen LogP contribution >= 0.6 is 0 Å². The van der Waals surface area contributed by atoms with Crippen molar-refractivity contribution in [3.8, 4) is 5.75 Å². The van der Waals surface area contributed by atoms with E-state index >= 15 is 0 Å². The molecule has 1 aromatic rings. The first kappa shape index (κ1) is 28.6. The molecule has 2 heterocycles. The zero-order valence-corrected chi connectivity index (χ0v) is 21.2. The van der Waals surface area contributed by atoms with Crippen LogP contribution in [0, 0.1) is 11.8 Å². The van der Waals surface area contributed by atoms with Crippen molar-refractivity contribution in [3.63, 3.8) is 0 Å². The minimum atomic E-state index is -2.07. The normalized spacial score (nSPS) is 22.0. The molecule has 3 rings (SSSR count). The van der Waals surface area contributed by atoms with Crippen molar-refractivity contribution in [3.05, 3.63) is 29.8 Å². The van der Waals surface area contributed by atoms with E-state index in [-0.39, 0.29) is 23.6 Å². The van der Waals surface area contributed by atoms with Crippen molar-refractivity contribution in [2.45, 2.75) is 65.1 Å². The van der Waals surface area contributed by atoms with Gasteiger partial charge in [-0.25, -0.2) is 9.59 Å². The van der Waals surface area contributed by atoms with Crippen molar-refractivity contribution in [2.24, 2.45) is 11.8 Å². The van der Waals surface area contributed by atoms with Crippen LogP contribution in [-0.4, -0.2) is 67.6 Å². The lowest BCUT2D eigenvalue weighted by Crippen LogP contribution is -3.13. The van der Waals surface area contributed by atoms with Gasteiger partial charge >= 0.3 is 11.9 Å². The molecule has 0 radical (unpaired) electrons. The van der Waals surface area contributed by atoms with Gasteiger partial charge in [0.2, 0.25) is 0 Å². The van der Waals surface area contributed by atoms with Gasteiger partial charge in [-0.3, -0.25) is 0 Å². The summed E-state index contributed by atoms with van der Waals surface area (Å²) in [5, 5.41) is 16.3. The molecule has 2 saturated heterocycles. The average molecular weight is 494 g/mol. The number of carbonyl (C=O) groups excluding carboxylic acids is 2. The maximum atomic E-state index is 12.8. The van der Waals surface area contributed by atoms with Crippen LogP contribution in [0.3, 0.4) is 0 Å². The molecule has 9 nitrogen and oxygen atoms in total. The summed E-state index contributed by atoms with van der Waals surface area (Å²) in [5.41, 5.74) is 0.322. The van der Waals surface area contributed by atoms with Gasteiger partial charge in [-0.05, 0) is 63.3 Å². The first-order valence-corrected chi connectivity index (χ1v) is 12.3. The Morgan fingerprint density at radius 3 is 2.29 bits per heavy atom. The number of ether oxygens (including phenoxy) is 3. The van der Waals surface area contributed by atoms with Crippen LogP contribution in [0.5, 0.6) is 5.75 Å². The highest BCUT2D eigenvalue weighted by Gasteiger charge is 2.40. The highest BCUT2D eigenvalue weighted by atomic mass is 16.6. The molecular weight excluding hydrogens is 454 g/mol. The molecule has 0 aromatic heterocycles. The van der Waals surface area contributed by atoms with Crippen LogP contribution in [0.15, 0.2) is 24.3 Å². The number of carboxylic acid groups (broad SMARTS) is 2. The molecule has 0 spiro atoms. The van der Waals surface area contributed by atoms with E-state index in [2.05, 4.69) is 27.7 Å². The number of carboxylic acids is 2. The highest BCUT2D eigenvalue weighted by molar-refractivity contribution is 6.26. The fourth-order valence-corrected chi connectivity index (χ4v) is 4.26. The average Bonchev–Trinajstić information content (AvgIpc) is 2.80. The van der Waals surface area contributed by atoms with Crippen molar-refractivity contribution in [2.75, 3.05) is 32.8 Å². The number of carbonyl (C=O) groups is 3. The van der Waals surface area contributed by atoms with Gasteiger partial charge in [-0.2, -0.15) is 0 Å². The molecule has 2 aliphatic heterocycles. The molecule has 2 fully saturated rings. The second-order valence-electron chi connectivity index (χ2n) is 10.3. The summed E-state index contributed by atoms with van der Waals surface area (Å²) in [6, 6.07) is 7.30. The monoisotopic (exact) mass is 493 g/mol. The smallest absolute Gasteiger partial charge is 0.351 e. The maximum Gasteiger partial charge on any atom is 0.351 e. The second-order valence-corrected chi connectivity index (χ2v) is 10.3. The fourth-order valence-electron chi connectivity index (χ4n) is 4.26. The summed E-state index contributed by atoms with van der Waals surface area (Å²) in [5.74, 6) is -2.75. The Labute approximate surface area is 207 Å². The van der Waals surface area contributed by atoms with E-state index in [9.17, 15) is 4.79 Å². The molecule has 2 aliphatic rings. The molecule has 1 aromatic carbocycles. The number of piperidine rings is 1. The van der Waals surface area contributed by atoms with Gasteiger partial charge in [0.05, 0.1) is 49.9 Å². The third-order valence-corrected chi connectivity index (χ3v) is 6.12. The first-order chi connectivity index (χ1) is 16.5. The summed E-state index contributed by atoms with van der Waals surface area (Å²) >= 11 is 0. The van der Waals surface area contributed by atoms with E-state index in [0.29, 0.717) is 24.7 Å². The molecular formula is C26H39NO8. The van der Waals surface area contributed by atoms with Crippen LogP contribution in [0.25, 0.3) is 0 Å². The molecule has 0 amide bonds. The van der Waals surface area contributed by atoms with Crippen LogP contribution in [0.4, 0.5) is 0 Å².